The molecule has 0 spiro atoms. The third-order valence-electron chi connectivity index (χ3n) is 2.83. The molecule has 0 saturated heterocycles. The van der Waals surface area contributed by atoms with Gasteiger partial charge in [0.25, 0.3) is 5.91 Å². The summed E-state index contributed by atoms with van der Waals surface area (Å²) in [6, 6.07) is 5.10. The van der Waals surface area contributed by atoms with Gasteiger partial charge in [-0.15, -0.1) is 0 Å². The fourth-order valence-electron chi connectivity index (χ4n) is 1.87. The summed E-state index contributed by atoms with van der Waals surface area (Å²) in [6.45, 7) is 1.79. The molecular formula is C12H11N5O2. The maximum atomic E-state index is 12.2. The lowest BCUT2D eigenvalue weighted by Crippen LogP contribution is -2.27. The Labute approximate surface area is 108 Å². The van der Waals surface area contributed by atoms with Gasteiger partial charge in [0.05, 0.1) is 23.3 Å². The number of hydrogen-bond donors (Lipinski definition) is 2. The Morgan fingerprint density at radius 2 is 2.37 bits per heavy atom. The predicted octanol–water partition coefficient (Wildman–Crippen LogP) is 1.44. The molecule has 1 unspecified atom stereocenters. The SMILES string of the molecule is CC(NC(=O)c1cccc2cn[nH]c12)c1ncon1. The third-order valence-corrected chi connectivity index (χ3v) is 2.83. The van der Waals surface area contributed by atoms with Crippen molar-refractivity contribution < 1.29 is 9.32 Å². The predicted molar refractivity (Wildman–Crippen MR) is 66.3 cm³/mol. The Balaban J connectivity index is 1.86. The number of H-pyrrole nitrogens is 1. The van der Waals surface area contributed by atoms with Gasteiger partial charge in [-0.2, -0.15) is 10.1 Å². The highest BCUT2D eigenvalue weighted by molar-refractivity contribution is 6.05. The molecular weight excluding hydrogens is 246 g/mol. The maximum Gasteiger partial charge on any atom is 0.254 e. The van der Waals surface area contributed by atoms with Crippen molar-refractivity contribution in [2.75, 3.05) is 0 Å². The lowest BCUT2D eigenvalue weighted by Gasteiger charge is -2.10. The minimum Gasteiger partial charge on any atom is -0.343 e. The number of carbonyl (C=O) groups excluding carboxylic acids is 1. The van der Waals surface area contributed by atoms with Crippen LogP contribution in [0.4, 0.5) is 0 Å². The van der Waals surface area contributed by atoms with Crippen molar-refractivity contribution in [2.24, 2.45) is 0 Å². The van der Waals surface area contributed by atoms with Crippen LogP contribution in [0.25, 0.3) is 10.9 Å². The van der Waals surface area contributed by atoms with E-state index in [1.165, 1.54) is 6.39 Å². The van der Waals surface area contributed by atoms with Crippen molar-refractivity contribution in [3.05, 3.63) is 42.2 Å². The molecule has 96 valence electrons. The highest BCUT2D eigenvalue weighted by Gasteiger charge is 2.17. The van der Waals surface area contributed by atoms with Gasteiger partial charge >= 0.3 is 0 Å². The number of benzene rings is 1. The minimum atomic E-state index is -0.329. The van der Waals surface area contributed by atoms with E-state index in [9.17, 15) is 4.79 Å². The van der Waals surface area contributed by atoms with Gasteiger partial charge in [0.1, 0.15) is 0 Å². The normalized spacial score (nSPS) is 12.5. The van der Waals surface area contributed by atoms with Crippen LogP contribution in [-0.4, -0.2) is 26.2 Å². The van der Waals surface area contributed by atoms with Gasteiger partial charge < -0.3 is 9.84 Å². The minimum absolute atomic E-state index is 0.216. The zero-order valence-electron chi connectivity index (χ0n) is 10.1. The fraction of sp³-hybridized carbons (Fsp3) is 0.167. The average molecular weight is 257 g/mol. The van der Waals surface area contributed by atoms with Gasteiger partial charge in [0, 0.05) is 5.39 Å². The number of aromatic nitrogens is 4. The zero-order chi connectivity index (χ0) is 13.2. The van der Waals surface area contributed by atoms with Gasteiger partial charge in [0.2, 0.25) is 6.39 Å². The van der Waals surface area contributed by atoms with Gasteiger partial charge in [0.15, 0.2) is 5.82 Å². The standard InChI is InChI=1S/C12H11N5O2/c1-7(11-13-6-19-17-11)15-12(18)9-4-2-3-8-5-14-16-10(8)9/h2-7H,1H3,(H,14,16)(H,15,18). The summed E-state index contributed by atoms with van der Waals surface area (Å²) >= 11 is 0. The van der Waals surface area contributed by atoms with Crippen LogP contribution in [0.15, 0.2) is 35.3 Å². The summed E-state index contributed by atoms with van der Waals surface area (Å²) in [7, 11) is 0. The highest BCUT2D eigenvalue weighted by atomic mass is 16.5. The Kier molecular flexibility index (Phi) is 2.71. The third kappa shape index (κ3) is 2.05. The van der Waals surface area contributed by atoms with Crippen LogP contribution in [0.3, 0.4) is 0 Å². The van der Waals surface area contributed by atoms with Crippen molar-refractivity contribution in [1.82, 2.24) is 25.7 Å². The summed E-state index contributed by atoms with van der Waals surface area (Å²) in [4.78, 5) is 16.1. The molecule has 2 heterocycles. The number of amides is 1. The number of carbonyl (C=O) groups is 1. The lowest BCUT2D eigenvalue weighted by atomic mass is 10.1. The van der Waals surface area contributed by atoms with E-state index in [-0.39, 0.29) is 11.9 Å². The van der Waals surface area contributed by atoms with Gasteiger partial charge in [-0.1, -0.05) is 17.3 Å². The van der Waals surface area contributed by atoms with Crippen LogP contribution >= 0.6 is 0 Å². The number of para-hydroxylation sites is 1. The molecule has 3 aromatic rings. The molecule has 19 heavy (non-hydrogen) atoms. The Morgan fingerprint density at radius 3 is 3.16 bits per heavy atom. The molecule has 0 radical (unpaired) electrons. The monoisotopic (exact) mass is 257 g/mol. The zero-order valence-corrected chi connectivity index (χ0v) is 10.1. The first kappa shape index (κ1) is 11.4. The molecule has 1 amide bonds. The molecule has 2 aromatic heterocycles. The smallest absolute Gasteiger partial charge is 0.254 e. The van der Waals surface area contributed by atoms with E-state index in [0.717, 1.165) is 5.39 Å². The van der Waals surface area contributed by atoms with E-state index in [1.54, 1.807) is 19.2 Å². The molecule has 7 nitrogen and oxygen atoms in total. The maximum absolute atomic E-state index is 12.2. The Morgan fingerprint density at radius 1 is 1.47 bits per heavy atom. The number of nitrogens with one attached hydrogen (secondary N) is 2. The number of nitrogens with zero attached hydrogens (tertiary/aromatic N) is 3. The lowest BCUT2D eigenvalue weighted by molar-refractivity contribution is 0.0939. The topological polar surface area (TPSA) is 96.7 Å². The highest BCUT2D eigenvalue weighted by Crippen LogP contribution is 2.16. The molecule has 0 fully saturated rings. The quantitative estimate of drug-likeness (QED) is 0.740. The van der Waals surface area contributed by atoms with Crippen molar-refractivity contribution in [1.29, 1.82) is 0 Å². The van der Waals surface area contributed by atoms with E-state index in [2.05, 4.69) is 30.2 Å². The van der Waals surface area contributed by atoms with Crippen LogP contribution in [-0.2, 0) is 0 Å². The summed E-state index contributed by atoms with van der Waals surface area (Å²) in [6.07, 6.45) is 2.91. The van der Waals surface area contributed by atoms with Crippen LogP contribution < -0.4 is 5.32 Å². The van der Waals surface area contributed by atoms with Crippen molar-refractivity contribution in [3.63, 3.8) is 0 Å². The molecule has 0 aliphatic carbocycles. The first-order valence-corrected chi connectivity index (χ1v) is 5.75. The second kappa shape index (κ2) is 4.52. The van der Waals surface area contributed by atoms with Crippen LogP contribution in [0.2, 0.25) is 0 Å². The summed E-state index contributed by atoms with van der Waals surface area (Å²) in [5.41, 5.74) is 1.24. The number of rotatable bonds is 3. The molecule has 0 aliphatic heterocycles. The molecule has 0 aliphatic rings. The van der Waals surface area contributed by atoms with Gasteiger partial charge in [-0.25, -0.2) is 0 Å². The van der Waals surface area contributed by atoms with Crippen molar-refractivity contribution >= 4 is 16.8 Å². The molecule has 1 aromatic carbocycles. The molecule has 2 N–H and O–H groups in total. The van der Waals surface area contributed by atoms with E-state index in [1.807, 2.05) is 12.1 Å². The first-order chi connectivity index (χ1) is 9.25. The molecule has 3 rings (SSSR count). The Hall–Kier alpha value is -2.70. The summed E-state index contributed by atoms with van der Waals surface area (Å²) < 4.78 is 4.65. The number of hydrogen-bond acceptors (Lipinski definition) is 5. The van der Waals surface area contributed by atoms with Gasteiger partial charge in [-0.05, 0) is 13.0 Å². The second-order valence-electron chi connectivity index (χ2n) is 4.12. The van der Waals surface area contributed by atoms with E-state index in [4.69, 9.17) is 0 Å². The molecule has 7 heteroatoms. The summed E-state index contributed by atoms with van der Waals surface area (Å²) in [5, 5.41) is 14.1. The van der Waals surface area contributed by atoms with E-state index in [0.29, 0.717) is 16.9 Å². The number of aromatic amines is 1. The number of fused-ring (bicyclic) bond motifs is 1. The van der Waals surface area contributed by atoms with Crippen LogP contribution in [0, 0.1) is 0 Å². The van der Waals surface area contributed by atoms with E-state index >= 15 is 0 Å². The van der Waals surface area contributed by atoms with Crippen molar-refractivity contribution in [3.8, 4) is 0 Å². The van der Waals surface area contributed by atoms with Crippen LogP contribution in [0.1, 0.15) is 29.1 Å². The first-order valence-electron chi connectivity index (χ1n) is 5.75. The molecule has 0 bridgehead atoms. The second-order valence-corrected chi connectivity index (χ2v) is 4.12. The van der Waals surface area contributed by atoms with Crippen molar-refractivity contribution in [2.45, 2.75) is 13.0 Å². The van der Waals surface area contributed by atoms with Crippen LogP contribution in [0.5, 0.6) is 0 Å². The fourth-order valence-corrected chi connectivity index (χ4v) is 1.87. The average Bonchev–Trinajstić information content (AvgIpc) is 3.08. The largest absolute Gasteiger partial charge is 0.343 e. The molecule has 0 saturated carbocycles. The van der Waals surface area contributed by atoms with Gasteiger partial charge in [-0.3, -0.25) is 9.89 Å². The Bertz CT molecular complexity index is 704. The summed E-state index contributed by atoms with van der Waals surface area (Å²) in [5.74, 6) is 0.220. The van der Waals surface area contributed by atoms with E-state index < -0.39 is 0 Å². The molecule has 1 atom stereocenters.